The van der Waals surface area contributed by atoms with E-state index in [0.29, 0.717) is 21.6 Å². The first-order valence-electron chi connectivity index (χ1n) is 5.59. The molecule has 0 fully saturated rings. The lowest BCUT2D eigenvalue weighted by molar-refractivity contribution is 0.847. The van der Waals surface area contributed by atoms with Crippen molar-refractivity contribution in [2.75, 3.05) is 11.6 Å². The van der Waals surface area contributed by atoms with Gasteiger partial charge in [-0.3, -0.25) is 9.99 Å². The van der Waals surface area contributed by atoms with E-state index < -0.39 is 5.69 Å². The van der Waals surface area contributed by atoms with E-state index in [0.717, 1.165) is 0 Å². The molecule has 0 radical (unpaired) electrons. The highest BCUT2D eigenvalue weighted by molar-refractivity contribution is 9.10. The van der Waals surface area contributed by atoms with Gasteiger partial charge in [0.2, 0.25) is 5.95 Å². The summed E-state index contributed by atoms with van der Waals surface area (Å²) in [5.74, 6) is 6.12. The number of nitrogens with one attached hydrogen (secondary N) is 1. The van der Waals surface area contributed by atoms with E-state index in [1.807, 2.05) is 0 Å². The lowest BCUT2D eigenvalue weighted by Crippen LogP contribution is -2.34. The number of benzene rings is 1. The molecule has 0 spiro atoms. The van der Waals surface area contributed by atoms with Gasteiger partial charge in [0.1, 0.15) is 5.82 Å². The van der Waals surface area contributed by atoms with Crippen molar-refractivity contribution in [3.05, 3.63) is 50.8 Å². The number of H-pyrrole nitrogens is 1. The molecule has 0 atom stereocenters. The summed E-state index contributed by atoms with van der Waals surface area (Å²) in [7, 11) is 0. The number of nitrogens with two attached hydrogens (primary N) is 1. The zero-order valence-electron chi connectivity index (χ0n) is 10.3. The highest BCUT2D eigenvalue weighted by Gasteiger charge is 2.14. The van der Waals surface area contributed by atoms with Gasteiger partial charge in [-0.1, -0.05) is 23.7 Å². The quantitative estimate of drug-likeness (QED) is 0.498. The number of anilines is 1. The van der Waals surface area contributed by atoms with Crippen molar-refractivity contribution in [1.29, 1.82) is 0 Å². The van der Waals surface area contributed by atoms with E-state index >= 15 is 0 Å². The Hall–Kier alpha value is -1.70. The molecule has 1 heterocycles. The predicted octanol–water partition coefficient (Wildman–Crippen LogP) is 2.11. The largest absolute Gasteiger partial charge is 0.349 e. The fraction of sp³-hybridized carbons (Fsp3) is 0.0833. The maximum absolute atomic E-state index is 11.6. The third-order valence-electron chi connectivity index (χ3n) is 2.42. The summed E-state index contributed by atoms with van der Waals surface area (Å²) in [6.07, 6.45) is 1.58. The molecule has 104 valence electrons. The normalized spacial score (nSPS) is 10.3. The molecule has 0 unspecified atom stereocenters. The molecule has 3 N–H and O–H groups in total. The van der Waals surface area contributed by atoms with Crippen molar-refractivity contribution in [1.82, 2.24) is 15.0 Å². The Bertz CT molecular complexity index is 682. The van der Waals surface area contributed by atoms with Gasteiger partial charge in [0, 0.05) is 4.47 Å². The monoisotopic (exact) mass is 355 g/mol. The van der Waals surface area contributed by atoms with Crippen LogP contribution in [-0.2, 0) is 0 Å². The smallest absolute Gasteiger partial charge is 0.290 e. The Morgan fingerprint density at radius 3 is 2.90 bits per heavy atom. The zero-order chi connectivity index (χ0) is 14.7. The van der Waals surface area contributed by atoms with Crippen molar-refractivity contribution in [2.45, 2.75) is 0 Å². The van der Waals surface area contributed by atoms with E-state index in [2.05, 4.69) is 37.5 Å². The second-order valence-electron chi connectivity index (χ2n) is 3.84. The van der Waals surface area contributed by atoms with Crippen LogP contribution in [0, 0.1) is 0 Å². The van der Waals surface area contributed by atoms with Gasteiger partial charge in [0.05, 0.1) is 17.1 Å². The summed E-state index contributed by atoms with van der Waals surface area (Å²) in [5.41, 5.74) is 0.0123. The van der Waals surface area contributed by atoms with Crippen LogP contribution in [0.4, 0.5) is 5.95 Å². The van der Waals surface area contributed by atoms with Crippen molar-refractivity contribution in [3.63, 3.8) is 0 Å². The molecule has 20 heavy (non-hydrogen) atoms. The third kappa shape index (κ3) is 3.06. The van der Waals surface area contributed by atoms with Crippen molar-refractivity contribution in [2.24, 2.45) is 5.84 Å². The van der Waals surface area contributed by atoms with Crippen LogP contribution in [-0.4, -0.2) is 21.5 Å². The second kappa shape index (κ2) is 6.17. The van der Waals surface area contributed by atoms with Crippen LogP contribution in [0.25, 0.3) is 11.4 Å². The summed E-state index contributed by atoms with van der Waals surface area (Å²) in [5, 5.41) is 1.67. The Morgan fingerprint density at radius 2 is 2.25 bits per heavy atom. The van der Waals surface area contributed by atoms with E-state index in [-0.39, 0.29) is 11.8 Å². The minimum Gasteiger partial charge on any atom is -0.290 e. The molecule has 0 aliphatic rings. The first-order chi connectivity index (χ1) is 9.52. The molecule has 6 nitrogen and oxygen atoms in total. The predicted molar refractivity (Wildman–Crippen MR) is 82.5 cm³/mol. The Labute approximate surface area is 128 Å². The van der Waals surface area contributed by atoms with E-state index in [1.165, 1.54) is 5.01 Å². The van der Waals surface area contributed by atoms with Gasteiger partial charge in [0.15, 0.2) is 0 Å². The minimum atomic E-state index is -0.559. The van der Waals surface area contributed by atoms with Crippen LogP contribution in [0.2, 0.25) is 5.02 Å². The SMILES string of the molecule is C=CCN(N)c1nc(-c2c(Cl)cccc2Br)[nH]c(=O)n1. The molecule has 0 saturated heterocycles. The summed E-state index contributed by atoms with van der Waals surface area (Å²) in [6, 6.07) is 5.28. The first-order valence-corrected chi connectivity index (χ1v) is 6.76. The van der Waals surface area contributed by atoms with E-state index in [9.17, 15) is 4.79 Å². The third-order valence-corrected chi connectivity index (χ3v) is 3.40. The number of hydrogen-bond donors (Lipinski definition) is 2. The van der Waals surface area contributed by atoms with Crippen LogP contribution in [0.5, 0.6) is 0 Å². The minimum absolute atomic E-state index is 0.0930. The lowest BCUT2D eigenvalue weighted by atomic mass is 10.2. The number of aromatic amines is 1. The molecule has 2 aromatic rings. The molecule has 1 aromatic carbocycles. The van der Waals surface area contributed by atoms with Gasteiger partial charge in [-0.2, -0.15) is 9.97 Å². The summed E-state index contributed by atoms with van der Waals surface area (Å²) >= 11 is 9.51. The molecule has 0 amide bonds. The average Bonchev–Trinajstić information content (AvgIpc) is 2.38. The van der Waals surface area contributed by atoms with Crippen LogP contribution in [0.1, 0.15) is 0 Å². The lowest BCUT2D eigenvalue weighted by Gasteiger charge is -2.14. The van der Waals surface area contributed by atoms with Gasteiger partial charge in [-0.25, -0.2) is 10.6 Å². The van der Waals surface area contributed by atoms with E-state index in [1.54, 1.807) is 24.3 Å². The van der Waals surface area contributed by atoms with Gasteiger partial charge in [-0.15, -0.1) is 6.58 Å². The van der Waals surface area contributed by atoms with Gasteiger partial charge < -0.3 is 0 Å². The maximum atomic E-state index is 11.6. The van der Waals surface area contributed by atoms with Crippen LogP contribution < -0.4 is 16.5 Å². The standard InChI is InChI=1S/C12H11BrClN5O/c1-2-6-19(15)11-16-10(17-12(20)18-11)9-7(13)4-3-5-8(9)14/h2-5H,1,6,15H2,(H,16,17,18,20). The molecule has 1 aromatic heterocycles. The molecule has 0 saturated carbocycles. The molecular weight excluding hydrogens is 346 g/mol. The van der Waals surface area contributed by atoms with Gasteiger partial charge >= 0.3 is 5.69 Å². The Morgan fingerprint density at radius 1 is 1.50 bits per heavy atom. The number of hydrogen-bond acceptors (Lipinski definition) is 5. The van der Waals surface area contributed by atoms with Crippen molar-refractivity contribution >= 4 is 33.5 Å². The van der Waals surface area contributed by atoms with Crippen LogP contribution >= 0.6 is 27.5 Å². The fourth-order valence-electron chi connectivity index (χ4n) is 1.56. The summed E-state index contributed by atoms with van der Waals surface area (Å²) in [4.78, 5) is 22.1. The second-order valence-corrected chi connectivity index (χ2v) is 5.10. The van der Waals surface area contributed by atoms with E-state index in [4.69, 9.17) is 17.4 Å². The number of halogens is 2. The highest BCUT2D eigenvalue weighted by atomic mass is 79.9. The van der Waals surface area contributed by atoms with Gasteiger partial charge in [-0.05, 0) is 28.1 Å². The number of hydrazine groups is 1. The summed E-state index contributed by atoms with van der Waals surface area (Å²) in [6.45, 7) is 3.88. The topological polar surface area (TPSA) is 87.9 Å². The molecule has 0 aliphatic carbocycles. The van der Waals surface area contributed by atoms with Gasteiger partial charge in [0.25, 0.3) is 0 Å². The number of nitrogens with zero attached hydrogens (tertiary/aromatic N) is 3. The van der Waals surface area contributed by atoms with Crippen LogP contribution in [0.15, 0.2) is 40.1 Å². The fourth-order valence-corrected chi connectivity index (χ4v) is 2.50. The zero-order valence-corrected chi connectivity index (χ0v) is 12.6. The molecular formula is C12H11BrClN5O. The van der Waals surface area contributed by atoms with Crippen molar-refractivity contribution in [3.8, 4) is 11.4 Å². The summed E-state index contributed by atoms with van der Waals surface area (Å²) < 4.78 is 0.706. The maximum Gasteiger partial charge on any atom is 0.349 e. The number of aromatic nitrogens is 3. The molecule has 0 aliphatic heterocycles. The average molecular weight is 357 g/mol. The number of rotatable bonds is 4. The highest BCUT2D eigenvalue weighted by Crippen LogP contribution is 2.32. The van der Waals surface area contributed by atoms with Crippen LogP contribution in [0.3, 0.4) is 0 Å². The van der Waals surface area contributed by atoms with Crippen molar-refractivity contribution < 1.29 is 0 Å². The first kappa shape index (κ1) is 14.7. The molecule has 8 heteroatoms. The Kier molecular flexibility index (Phi) is 4.53. The molecule has 2 rings (SSSR count). The Balaban J connectivity index is 2.58. The molecule has 0 bridgehead atoms.